The number of aromatic nitrogens is 3. The van der Waals surface area contributed by atoms with E-state index in [4.69, 9.17) is 0 Å². The highest BCUT2D eigenvalue weighted by atomic mass is 16.2. The third kappa shape index (κ3) is 3.81. The van der Waals surface area contributed by atoms with Crippen LogP contribution in [0.5, 0.6) is 0 Å². The van der Waals surface area contributed by atoms with Gasteiger partial charge in [-0.2, -0.15) is 5.10 Å². The molecule has 1 aliphatic heterocycles. The second kappa shape index (κ2) is 8.24. The number of hydrogen-bond acceptors (Lipinski definition) is 4. The fraction of sp³-hybridized carbons (Fsp3) is 0.333. The summed E-state index contributed by atoms with van der Waals surface area (Å²) in [6.45, 7) is 1.53. The van der Waals surface area contributed by atoms with E-state index in [1.165, 1.54) is 0 Å². The lowest BCUT2D eigenvalue weighted by Gasteiger charge is -2.16. The Morgan fingerprint density at radius 2 is 1.82 bits per heavy atom. The minimum Gasteiger partial charge on any atom is -0.342 e. The number of carbonyl (C=O) groups is 2. The predicted molar refractivity (Wildman–Crippen MR) is 129 cm³/mol. The number of hydrogen-bond donors (Lipinski definition) is 1. The first-order valence-corrected chi connectivity index (χ1v) is 12.0. The average Bonchev–Trinajstić information content (AvgIpc) is 3.50. The van der Waals surface area contributed by atoms with E-state index >= 15 is 0 Å². The summed E-state index contributed by atoms with van der Waals surface area (Å²) < 4.78 is 1.62. The van der Waals surface area contributed by atoms with Crippen molar-refractivity contribution in [2.45, 2.75) is 32.1 Å². The lowest BCUT2D eigenvalue weighted by atomic mass is 9.92. The molecule has 0 unspecified atom stereocenters. The number of Topliss-reactive ketones (excluding diaryl/α,β-unsaturated/α-hetero) is 1. The van der Waals surface area contributed by atoms with Crippen LogP contribution in [0, 0.1) is 11.8 Å². The van der Waals surface area contributed by atoms with Crippen molar-refractivity contribution < 1.29 is 9.59 Å². The van der Waals surface area contributed by atoms with Gasteiger partial charge < -0.3 is 4.90 Å². The maximum absolute atomic E-state index is 12.6. The van der Waals surface area contributed by atoms with Gasteiger partial charge in [0.25, 0.3) is 0 Å². The number of aromatic amines is 1. The van der Waals surface area contributed by atoms with Crippen LogP contribution in [0.2, 0.25) is 0 Å². The lowest BCUT2D eigenvalue weighted by molar-refractivity contribution is -0.131. The highest BCUT2D eigenvalue weighted by Gasteiger charge is 2.37. The quantitative estimate of drug-likeness (QED) is 0.638. The molecule has 0 spiro atoms. The number of fused-ring (bicyclic) bond motifs is 1. The molecule has 34 heavy (non-hydrogen) atoms. The van der Waals surface area contributed by atoms with Crippen LogP contribution in [-0.4, -0.2) is 44.4 Å². The van der Waals surface area contributed by atoms with E-state index in [9.17, 15) is 14.4 Å². The van der Waals surface area contributed by atoms with Crippen molar-refractivity contribution in [2.24, 2.45) is 11.8 Å². The molecule has 3 aliphatic rings. The first-order valence-electron chi connectivity index (χ1n) is 12.0. The van der Waals surface area contributed by atoms with Crippen molar-refractivity contribution in [1.82, 2.24) is 19.7 Å². The number of benzene rings is 2. The normalized spacial score (nSPS) is 19.5. The highest BCUT2D eigenvalue weighted by molar-refractivity contribution is 6.03. The van der Waals surface area contributed by atoms with Crippen LogP contribution >= 0.6 is 0 Å². The van der Waals surface area contributed by atoms with Crippen LogP contribution in [0.25, 0.3) is 22.9 Å². The van der Waals surface area contributed by atoms with E-state index < -0.39 is 0 Å². The number of carbonyl (C=O) groups excluding carboxylic acids is 2. The summed E-state index contributed by atoms with van der Waals surface area (Å²) in [7, 11) is 0. The fourth-order valence-electron chi connectivity index (χ4n) is 5.11. The summed E-state index contributed by atoms with van der Waals surface area (Å²) in [6, 6.07) is 13.7. The summed E-state index contributed by atoms with van der Waals surface area (Å²) in [4.78, 5) is 39.2. The zero-order valence-electron chi connectivity index (χ0n) is 18.9. The second-order valence-electron chi connectivity index (χ2n) is 9.58. The van der Waals surface area contributed by atoms with Crippen molar-refractivity contribution in [3.05, 3.63) is 76.0 Å². The Labute approximate surface area is 197 Å². The molecule has 1 aromatic heterocycles. The van der Waals surface area contributed by atoms with E-state index in [0.717, 1.165) is 60.3 Å². The topological polar surface area (TPSA) is 88.1 Å². The van der Waals surface area contributed by atoms with Gasteiger partial charge in [-0.05, 0) is 60.1 Å². The standard InChI is InChI=1S/C27H26N4O3/c32-24-3-1-2-19-4-7-21(15-23(19)24)18-8-10-22(11-9-18)31-25(28-29-27(31)34)14-17-12-13-30(16-17)26(33)20-5-6-20/h1-2,4,7-11,15,17,20H,3,5-6,12-14,16H2,(H,29,34)/t17-/m0/s1. The van der Waals surface area contributed by atoms with Crippen LogP contribution in [0.4, 0.5) is 0 Å². The van der Waals surface area contributed by atoms with Crippen LogP contribution in [-0.2, 0) is 11.2 Å². The minimum atomic E-state index is -0.266. The smallest absolute Gasteiger partial charge is 0.342 e. The Kier molecular flexibility index (Phi) is 5.05. The first-order chi connectivity index (χ1) is 16.6. The molecule has 2 heterocycles. The molecule has 1 saturated heterocycles. The van der Waals surface area contributed by atoms with Crippen molar-refractivity contribution in [3.8, 4) is 16.8 Å². The van der Waals surface area contributed by atoms with Gasteiger partial charge in [0.1, 0.15) is 5.82 Å². The second-order valence-corrected chi connectivity index (χ2v) is 9.58. The van der Waals surface area contributed by atoms with E-state index in [-0.39, 0.29) is 23.3 Å². The molecule has 1 atom stereocenters. The Hall–Kier alpha value is -3.74. The first kappa shape index (κ1) is 20.8. The molecule has 2 aromatic carbocycles. The maximum atomic E-state index is 12.6. The summed E-state index contributed by atoms with van der Waals surface area (Å²) >= 11 is 0. The Balaban J connectivity index is 1.22. The molecule has 1 saturated carbocycles. The number of likely N-dealkylation sites (tertiary alicyclic amines) is 1. The predicted octanol–water partition coefficient (Wildman–Crippen LogP) is 3.63. The van der Waals surface area contributed by atoms with Crippen LogP contribution in [0.1, 0.15) is 47.4 Å². The van der Waals surface area contributed by atoms with E-state index in [1.807, 2.05) is 59.5 Å². The van der Waals surface area contributed by atoms with Crippen molar-refractivity contribution >= 4 is 17.8 Å². The Bertz CT molecular complexity index is 1360. The van der Waals surface area contributed by atoms with Crippen molar-refractivity contribution in [2.75, 3.05) is 13.1 Å². The molecule has 0 bridgehead atoms. The van der Waals surface area contributed by atoms with Crippen molar-refractivity contribution in [3.63, 3.8) is 0 Å². The zero-order chi connectivity index (χ0) is 23.2. The van der Waals surface area contributed by atoms with Gasteiger partial charge in [-0.25, -0.2) is 14.5 Å². The van der Waals surface area contributed by atoms with Crippen LogP contribution < -0.4 is 5.69 Å². The molecule has 3 aromatic rings. The summed E-state index contributed by atoms with van der Waals surface area (Å²) in [5, 5.41) is 6.88. The summed E-state index contributed by atoms with van der Waals surface area (Å²) in [6.07, 6.45) is 7.95. The van der Waals surface area contributed by atoms with Gasteiger partial charge in [-0.1, -0.05) is 36.4 Å². The molecular formula is C27H26N4O3. The van der Waals surface area contributed by atoms with Gasteiger partial charge in [-0.15, -0.1) is 0 Å². The van der Waals surface area contributed by atoms with Gasteiger partial charge in [0.2, 0.25) is 5.91 Å². The van der Waals surface area contributed by atoms with Gasteiger partial charge >= 0.3 is 5.69 Å². The summed E-state index contributed by atoms with van der Waals surface area (Å²) in [5.74, 6) is 1.66. The third-order valence-corrected chi connectivity index (χ3v) is 7.15. The van der Waals surface area contributed by atoms with Crippen LogP contribution in [0.15, 0.2) is 53.3 Å². The molecule has 1 amide bonds. The number of rotatable bonds is 5. The molecule has 7 nitrogen and oxygen atoms in total. The molecule has 0 radical (unpaired) electrons. The van der Waals surface area contributed by atoms with Gasteiger partial charge in [0.05, 0.1) is 5.69 Å². The van der Waals surface area contributed by atoms with E-state index in [1.54, 1.807) is 4.57 Å². The van der Waals surface area contributed by atoms with Gasteiger partial charge in [0, 0.05) is 37.4 Å². The number of H-pyrrole nitrogens is 1. The number of nitrogens with one attached hydrogen (secondary N) is 1. The molecule has 172 valence electrons. The number of allylic oxidation sites excluding steroid dienone is 1. The average molecular weight is 455 g/mol. The highest BCUT2D eigenvalue weighted by Crippen LogP contribution is 2.33. The lowest BCUT2D eigenvalue weighted by Crippen LogP contribution is -2.30. The third-order valence-electron chi connectivity index (χ3n) is 7.15. The molecule has 2 aliphatic carbocycles. The largest absolute Gasteiger partial charge is 0.347 e. The fourth-order valence-corrected chi connectivity index (χ4v) is 5.11. The minimum absolute atomic E-state index is 0.134. The van der Waals surface area contributed by atoms with E-state index in [2.05, 4.69) is 10.2 Å². The van der Waals surface area contributed by atoms with Crippen molar-refractivity contribution in [1.29, 1.82) is 0 Å². The molecule has 1 N–H and O–H groups in total. The zero-order valence-corrected chi connectivity index (χ0v) is 18.9. The monoisotopic (exact) mass is 454 g/mol. The van der Waals surface area contributed by atoms with Gasteiger partial charge in [-0.3, -0.25) is 9.59 Å². The number of ketones is 1. The molecule has 7 heteroatoms. The van der Waals surface area contributed by atoms with Crippen LogP contribution in [0.3, 0.4) is 0 Å². The number of nitrogens with zero attached hydrogens (tertiary/aromatic N) is 3. The van der Waals surface area contributed by atoms with E-state index in [0.29, 0.717) is 24.6 Å². The molecular weight excluding hydrogens is 428 g/mol. The maximum Gasteiger partial charge on any atom is 0.347 e. The summed E-state index contributed by atoms with van der Waals surface area (Å²) in [5.41, 5.74) is 4.15. The Morgan fingerprint density at radius 3 is 2.62 bits per heavy atom. The Morgan fingerprint density at radius 1 is 1.03 bits per heavy atom. The van der Waals surface area contributed by atoms with Gasteiger partial charge in [0.15, 0.2) is 5.78 Å². The molecule has 2 fully saturated rings. The SMILES string of the molecule is O=C1CC=Cc2ccc(-c3ccc(-n4c(C[C@@H]5CCN(C(=O)C6CC6)C5)n[nH]c4=O)cc3)cc21. The number of amides is 1. The molecule has 6 rings (SSSR count).